The third-order valence-corrected chi connectivity index (χ3v) is 9.80. The second kappa shape index (κ2) is 5.30. The minimum atomic E-state index is -1.00. The lowest BCUT2D eigenvalue weighted by atomic mass is 9.44. The molecule has 4 bridgehead atoms. The number of carbonyl (C=O) groups is 1. The van der Waals surface area contributed by atoms with E-state index in [1.807, 2.05) is 0 Å². The van der Waals surface area contributed by atoms with Crippen LogP contribution in [-0.4, -0.2) is 53.6 Å². The number of allylic oxidation sites excluding steroid dienone is 1. The standard InChI is InChI=1S/C23H31NO4/c1-13-10-24-11-15-5-3-14-4-6-16-17(20(26)28-2)9-22(19(14)16)21(15,12-25)8-7-18(13)23(22,24)27/h7-8,13,15-18,25,27H,3-6,9-12H2,1-2H3/t13-,15-,16-,17-,18-,21-,22-,23-/m1/s1. The molecule has 2 N–H and O–H groups in total. The van der Waals surface area contributed by atoms with E-state index in [1.54, 1.807) is 0 Å². The summed E-state index contributed by atoms with van der Waals surface area (Å²) >= 11 is 0. The largest absolute Gasteiger partial charge is 0.469 e. The van der Waals surface area contributed by atoms with Gasteiger partial charge in [-0.25, -0.2) is 0 Å². The van der Waals surface area contributed by atoms with Crippen LogP contribution >= 0.6 is 0 Å². The summed E-state index contributed by atoms with van der Waals surface area (Å²) in [5.41, 5.74) is 0.779. The van der Waals surface area contributed by atoms with Crippen LogP contribution in [0.3, 0.4) is 0 Å². The SMILES string of the molecule is COC(=O)[C@@H]1C[C@@]23C4=C(CC[C@@H]5CN6C[C@@H](C)[C@@H](C=C[C@@]52CO)[C@]63O)CC[C@@H]41. The second-order valence-electron chi connectivity index (χ2n) is 10.3. The fourth-order valence-corrected chi connectivity index (χ4v) is 8.91. The van der Waals surface area contributed by atoms with Gasteiger partial charge in [-0.3, -0.25) is 9.69 Å². The highest BCUT2D eigenvalue weighted by Gasteiger charge is 2.80. The first kappa shape index (κ1) is 17.7. The summed E-state index contributed by atoms with van der Waals surface area (Å²) in [6, 6.07) is 0. The minimum absolute atomic E-state index is 0.0445. The summed E-state index contributed by atoms with van der Waals surface area (Å²) in [4.78, 5) is 15.2. The third kappa shape index (κ3) is 1.57. The fraction of sp³-hybridized carbons (Fsp3) is 0.783. The Hall–Kier alpha value is -1.17. The van der Waals surface area contributed by atoms with E-state index in [4.69, 9.17) is 4.74 Å². The average molecular weight is 386 g/mol. The molecule has 2 aliphatic heterocycles. The summed E-state index contributed by atoms with van der Waals surface area (Å²) in [5.74, 6) is 0.556. The lowest BCUT2D eigenvalue weighted by Crippen LogP contribution is -2.74. The summed E-state index contributed by atoms with van der Waals surface area (Å²) in [6.45, 7) is 4.02. The van der Waals surface area contributed by atoms with Crippen molar-refractivity contribution < 1.29 is 19.7 Å². The lowest BCUT2D eigenvalue weighted by Gasteiger charge is -2.67. The molecule has 8 atom stereocenters. The van der Waals surface area contributed by atoms with Gasteiger partial charge in [0.15, 0.2) is 0 Å². The highest BCUT2D eigenvalue weighted by molar-refractivity contribution is 5.75. The number of hydrogen-bond donors (Lipinski definition) is 2. The molecule has 0 aromatic carbocycles. The Balaban J connectivity index is 1.68. The van der Waals surface area contributed by atoms with Gasteiger partial charge in [0, 0.05) is 29.8 Å². The van der Waals surface area contributed by atoms with Gasteiger partial charge >= 0.3 is 5.97 Å². The van der Waals surface area contributed by atoms with Crippen LogP contribution in [-0.2, 0) is 9.53 Å². The predicted octanol–water partition coefficient (Wildman–Crippen LogP) is 2.10. The number of piperidine rings is 1. The Labute approximate surface area is 166 Å². The number of rotatable bonds is 2. The van der Waals surface area contributed by atoms with Gasteiger partial charge in [-0.05, 0) is 49.9 Å². The molecule has 1 saturated carbocycles. The van der Waals surface area contributed by atoms with E-state index in [0.717, 1.165) is 38.8 Å². The van der Waals surface area contributed by atoms with Crippen molar-refractivity contribution >= 4 is 5.97 Å². The molecule has 5 heteroatoms. The number of hydrogen-bond acceptors (Lipinski definition) is 5. The van der Waals surface area contributed by atoms with Crippen LogP contribution in [0.4, 0.5) is 0 Å². The van der Waals surface area contributed by atoms with E-state index < -0.39 is 16.6 Å². The molecule has 2 heterocycles. The van der Waals surface area contributed by atoms with Crippen molar-refractivity contribution in [1.29, 1.82) is 0 Å². The summed E-state index contributed by atoms with van der Waals surface area (Å²) < 4.78 is 5.23. The maximum atomic E-state index is 12.8. The van der Waals surface area contributed by atoms with Gasteiger partial charge in [0.2, 0.25) is 0 Å². The van der Waals surface area contributed by atoms with Crippen molar-refractivity contribution in [2.45, 2.75) is 44.8 Å². The van der Waals surface area contributed by atoms with Crippen LogP contribution in [0.15, 0.2) is 23.3 Å². The number of methoxy groups -OCH3 is 1. The molecule has 1 spiro atoms. The maximum Gasteiger partial charge on any atom is 0.309 e. The van der Waals surface area contributed by atoms with Crippen molar-refractivity contribution in [2.75, 3.05) is 26.8 Å². The van der Waals surface area contributed by atoms with Crippen LogP contribution in [0.1, 0.15) is 39.0 Å². The summed E-state index contributed by atoms with van der Waals surface area (Å²) in [5, 5.41) is 23.5. The number of carbonyl (C=O) groups excluding carboxylic acids is 1. The molecule has 5 nitrogen and oxygen atoms in total. The van der Waals surface area contributed by atoms with Gasteiger partial charge < -0.3 is 14.9 Å². The molecule has 4 aliphatic carbocycles. The fourth-order valence-electron chi connectivity index (χ4n) is 8.91. The number of nitrogens with zero attached hydrogens (tertiary/aromatic N) is 1. The normalized spacial score (nSPS) is 53.4. The Morgan fingerprint density at radius 1 is 1.32 bits per heavy atom. The van der Waals surface area contributed by atoms with E-state index >= 15 is 0 Å². The first-order chi connectivity index (χ1) is 13.4. The number of aliphatic hydroxyl groups excluding tert-OH is 1. The van der Waals surface area contributed by atoms with Crippen LogP contribution < -0.4 is 0 Å². The molecule has 2 saturated heterocycles. The van der Waals surface area contributed by atoms with Crippen molar-refractivity contribution in [3.8, 4) is 0 Å². The highest BCUT2D eigenvalue weighted by Crippen LogP contribution is 2.78. The smallest absolute Gasteiger partial charge is 0.309 e. The molecule has 0 radical (unpaired) electrons. The monoisotopic (exact) mass is 385 g/mol. The first-order valence-electron chi connectivity index (χ1n) is 11.0. The van der Waals surface area contributed by atoms with Gasteiger partial charge in [0.25, 0.3) is 0 Å². The molecular formula is C23H31NO4. The Kier molecular flexibility index (Phi) is 3.34. The van der Waals surface area contributed by atoms with Crippen molar-refractivity contribution in [2.24, 2.45) is 40.4 Å². The molecule has 28 heavy (non-hydrogen) atoms. The zero-order chi connectivity index (χ0) is 19.5. The molecule has 152 valence electrons. The van der Waals surface area contributed by atoms with Gasteiger partial charge in [0.1, 0.15) is 5.72 Å². The highest BCUT2D eigenvalue weighted by atomic mass is 16.5. The number of esters is 1. The average Bonchev–Trinajstić information content (AvgIpc) is 3.31. The maximum absolute atomic E-state index is 12.8. The van der Waals surface area contributed by atoms with E-state index in [2.05, 4.69) is 24.0 Å². The second-order valence-corrected chi connectivity index (χ2v) is 10.3. The van der Waals surface area contributed by atoms with E-state index in [-0.39, 0.29) is 30.3 Å². The van der Waals surface area contributed by atoms with E-state index in [1.165, 1.54) is 18.3 Å². The van der Waals surface area contributed by atoms with Gasteiger partial charge in [-0.2, -0.15) is 0 Å². The number of ether oxygens (including phenoxy) is 1. The van der Waals surface area contributed by atoms with Gasteiger partial charge in [-0.1, -0.05) is 30.2 Å². The van der Waals surface area contributed by atoms with Crippen LogP contribution in [0.2, 0.25) is 0 Å². The minimum Gasteiger partial charge on any atom is -0.469 e. The lowest BCUT2D eigenvalue weighted by molar-refractivity contribution is -0.270. The Morgan fingerprint density at radius 2 is 2.11 bits per heavy atom. The molecule has 0 aromatic heterocycles. The van der Waals surface area contributed by atoms with Crippen LogP contribution in [0.25, 0.3) is 0 Å². The van der Waals surface area contributed by atoms with E-state index in [0.29, 0.717) is 18.3 Å². The van der Waals surface area contributed by atoms with Crippen molar-refractivity contribution in [1.82, 2.24) is 4.90 Å². The topological polar surface area (TPSA) is 70.0 Å². The molecule has 3 fully saturated rings. The van der Waals surface area contributed by atoms with Crippen molar-refractivity contribution in [3.63, 3.8) is 0 Å². The van der Waals surface area contributed by atoms with Crippen molar-refractivity contribution in [3.05, 3.63) is 23.3 Å². The Morgan fingerprint density at radius 3 is 2.86 bits per heavy atom. The quantitative estimate of drug-likeness (QED) is 0.563. The van der Waals surface area contributed by atoms with Gasteiger partial charge in [0.05, 0.1) is 19.6 Å². The van der Waals surface area contributed by atoms with Gasteiger partial charge in [-0.15, -0.1) is 0 Å². The molecular weight excluding hydrogens is 354 g/mol. The summed E-state index contributed by atoms with van der Waals surface area (Å²) in [7, 11) is 1.48. The number of aliphatic hydroxyl groups is 2. The molecule has 0 aromatic rings. The summed E-state index contributed by atoms with van der Waals surface area (Å²) in [6.07, 6.45) is 9.22. The zero-order valence-electron chi connectivity index (χ0n) is 16.9. The third-order valence-electron chi connectivity index (χ3n) is 9.80. The molecule has 6 aliphatic rings. The van der Waals surface area contributed by atoms with E-state index in [9.17, 15) is 15.0 Å². The Bertz CT molecular complexity index is 819. The molecule has 6 rings (SSSR count). The first-order valence-corrected chi connectivity index (χ1v) is 11.0. The predicted molar refractivity (Wildman–Crippen MR) is 103 cm³/mol. The molecule has 0 amide bonds. The van der Waals surface area contributed by atoms with Crippen LogP contribution in [0, 0.1) is 40.4 Å². The molecule has 0 unspecified atom stereocenters. The van der Waals surface area contributed by atoms with Crippen LogP contribution in [0.5, 0.6) is 0 Å². The zero-order valence-corrected chi connectivity index (χ0v) is 16.9.